The van der Waals surface area contributed by atoms with Crippen molar-refractivity contribution in [3.05, 3.63) is 64.7 Å². The van der Waals surface area contributed by atoms with E-state index in [1.807, 2.05) is 18.2 Å². The SMILES string of the molecule is CNS(=O)(=O)c1ccc(Cl)c(C(=O)OCC(=O)NCC2(c3ccccc3)CCC2)c1. The van der Waals surface area contributed by atoms with Gasteiger partial charge >= 0.3 is 5.97 Å². The van der Waals surface area contributed by atoms with Crippen molar-refractivity contribution >= 4 is 33.5 Å². The third kappa shape index (κ3) is 4.83. The van der Waals surface area contributed by atoms with E-state index < -0.39 is 28.5 Å². The van der Waals surface area contributed by atoms with Gasteiger partial charge < -0.3 is 10.1 Å². The lowest BCUT2D eigenvalue weighted by Crippen LogP contribution is -2.46. The van der Waals surface area contributed by atoms with Gasteiger partial charge in [0.25, 0.3) is 5.91 Å². The lowest BCUT2D eigenvalue weighted by atomic mass is 9.64. The molecule has 9 heteroatoms. The van der Waals surface area contributed by atoms with Crippen LogP contribution in [0.4, 0.5) is 0 Å². The van der Waals surface area contributed by atoms with E-state index in [4.69, 9.17) is 16.3 Å². The number of carbonyl (C=O) groups excluding carboxylic acids is 2. The Morgan fingerprint density at radius 1 is 1.13 bits per heavy atom. The van der Waals surface area contributed by atoms with E-state index in [1.165, 1.54) is 24.7 Å². The fourth-order valence-corrected chi connectivity index (χ4v) is 4.39. The molecule has 1 saturated carbocycles. The van der Waals surface area contributed by atoms with Crippen molar-refractivity contribution in [2.45, 2.75) is 29.6 Å². The predicted octanol–water partition coefficient (Wildman–Crippen LogP) is 2.64. The molecule has 0 aromatic heterocycles. The summed E-state index contributed by atoms with van der Waals surface area (Å²) >= 11 is 6.00. The van der Waals surface area contributed by atoms with Gasteiger partial charge in [0.2, 0.25) is 10.0 Å². The molecule has 30 heavy (non-hydrogen) atoms. The number of halogens is 1. The van der Waals surface area contributed by atoms with Gasteiger partial charge in [0.05, 0.1) is 15.5 Å². The molecule has 2 N–H and O–H groups in total. The first-order valence-electron chi connectivity index (χ1n) is 9.50. The van der Waals surface area contributed by atoms with E-state index in [-0.39, 0.29) is 20.9 Å². The van der Waals surface area contributed by atoms with Crippen LogP contribution >= 0.6 is 11.6 Å². The Hall–Kier alpha value is -2.42. The lowest BCUT2D eigenvalue weighted by Gasteiger charge is -2.42. The van der Waals surface area contributed by atoms with Crippen LogP contribution in [0.1, 0.15) is 35.2 Å². The number of rotatable bonds is 8. The minimum atomic E-state index is -3.75. The fraction of sp³-hybridized carbons (Fsp3) is 0.333. The molecule has 0 aliphatic heterocycles. The first kappa shape index (κ1) is 22.3. The molecule has 0 spiro atoms. The summed E-state index contributed by atoms with van der Waals surface area (Å²) in [7, 11) is -2.49. The molecular weight excluding hydrogens is 428 g/mol. The van der Waals surface area contributed by atoms with Gasteiger partial charge in [0.1, 0.15) is 0 Å². The number of esters is 1. The van der Waals surface area contributed by atoms with E-state index in [0.717, 1.165) is 25.3 Å². The number of sulfonamides is 1. The van der Waals surface area contributed by atoms with Crippen LogP contribution in [0.25, 0.3) is 0 Å². The molecule has 0 radical (unpaired) electrons. The summed E-state index contributed by atoms with van der Waals surface area (Å²) in [6.07, 6.45) is 3.07. The summed E-state index contributed by atoms with van der Waals surface area (Å²) < 4.78 is 31.0. The van der Waals surface area contributed by atoms with Gasteiger partial charge in [0, 0.05) is 12.0 Å². The highest BCUT2D eigenvalue weighted by molar-refractivity contribution is 7.89. The highest BCUT2D eigenvalue weighted by Crippen LogP contribution is 2.43. The Morgan fingerprint density at radius 3 is 2.43 bits per heavy atom. The second-order valence-electron chi connectivity index (χ2n) is 7.20. The lowest BCUT2D eigenvalue weighted by molar-refractivity contribution is -0.124. The monoisotopic (exact) mass is 450 g/mol. The van der Waals surface area contributed by atoms with E-state index in [0.29, 0.717) is 6.54 Å². The third-order valence-electron chi connectivity index (χ3n) is 5.39. The number of ether oxygens (including phenoxy) is 1. The molecule has 2 aromatic carbocycles. The van der Waals surface area contributed by atoms with Crippen molar-refractivity contribution in [2.24, 2.45) is 0 Å². The van der Waals surface area contributed by atoms with Gasteiger partial charge in [-0.3, -0.25) is 4.79 Å². The molecule has 1 fully saturated rings. The third-order valence-corrected chi connectivity index (χ3v) is 7.13. The highest BCUT2D eigenvalue weighted by atomic mass is 35.5. The Kier molecular flexibility index (Phi) is 6.80. The molecule has 0 saturated heterocycles. The largest absolute Gasteiger partial charge is 0.452 e. The van der Waals surface area contributed by atoms with Crippen molar-refractivity contribution in [1.82, 2.24) is 10.0 Å². The summed E-state index contributed by atoms with van der Waals surface area (Å²) in [5.74, 6) is -1.30. The van der Waals surface area contributed by atoms with Gasteiger partial charge in [-0.1, -0.05) is 48.4 Å². The van der Waals surface area contributed by atoms with Crippen molar-refractivity contribution in [3.63, 3.8) is 0 Å². The van der Waals surface area contributed by atoms with Crippen molar-refractivity contribution in [3.8, 4) is 0 Å². The number of hydrogen-bond donors (Lipinski definition) is 2. The van der Waals surface area contributed by atoms with Crippen molar-refractivity contribution in [2.75, 3.05) is 20.2 Å². The van der Waals surface area contributed by atoms with E-state index in [1.54, 1.807) is 0 Å². The van der Waals surface area contributed by atoms with Gasteiger partial charge in [-0.15, -0.1) is 0 Å². The zero-order chi connectivity index (χ0) is 21.8. The molecule has 7 nitrogen and oxygen atoms in total. The number of nitrogens with one attached hydrogen (secondary N) is 2. The highest BCUT2D eigenvalue weighted by Gasteiger charge is 2.38. The normalized spacial score (nSPS) is 15.1. The molecule has 3 rings (SSSR count). The molecule has 0 unspecified atom stereocenters. The van der Waals surface area contributed by atoms with Crippen LogP contribution in [0.3, 0.4) is 0 Å². The van der Waals surface area contributed by atoms with Crippen molar-refractivity contribution in [1.29, 1.82) is 0 Å². The summed E-state index contributed by atoms with van der Waals surface area (Å²) in [6.45, 7) is -0.0207. The maximum atomic E-state index is 12.3. The standard InChI is InChI=1S/C21H23ClN2O5S/c1-23-30(27,28)16-8-9-18(22)17(12-16)20(26)29-13-19(25)24-14-21(10-5-11-21)15-6-3-2-4-7-15/h2-4,6-9,12,23H,5,10-11,13-14H2,1H3,(H,24,25). The van der Waals surface area contributed by atoms with Gasteiger partial charge in [-0.05, 0) is 43.7 Å². The minimum absolute atomic E-state index is 0.0351. The van der Waals surface area contributed by atoms with E-state index in [9.17, 15) is 18.0 Å². The first-order valence-corrected chi connectivity index (χ1v) is 11.4. The second-order valence-corrected chi connectivity index (χ2v) is 9.50. The minimum Gasteiger partial charge on any atom is -0.452 e. The van der Waals surface area contributed by atoms with E-state index in [2.05, 4.69) is 22.2 Å². The number of amides is 1. The zero-order valence-electron chi connectivity index (χ0n) is 16.5. The maximum Gasteiger partial charge on any atom is 0.340 e. The summed E-state index contributed by atoms with van der Waals surface area (Å²) in [6, 6.07) is 13.7. The van der Waals surface area contributed by atoms with Gasteiger partial charge in [-0.25, -0.2) is 17.9 Å². The van der Waals surface area contributed by atoms with Crippen LogP contribution in [0.2, 0.25) is 5.02 Å². The summed E-state index contributed by atoms with van der Waals surface area (Å²) in [4.78, 5) is 24.4. The molecule has 1 aliphatic carbocycles. The van der Waals surface area contributed by atoms with Crippen LogP contribution in [0.15, 0.2) is 53.4 Å². The Morgan fingerprint density at radius 2 is 1.83 bits per heavy atom. The summed E-state index contributed by atoms with van der Waals surface area (Å²) in [5.41, 5.74) is 0.975. The smallest absolute Gasteiger partial charge is 0.340 e. The zero-order valence-corrected chi connectivity index (χ0v) is 18.1. The molecule has 1 aliphatic rings. The van der Waals surface area contributed by atoms with Crippen LogP contribution in [-0.2, 0) is 25.0 Å². The van der Waals surface area contributed by atoms with E-state index >= 15 is 0 Å². The molecule has 0 atom stereocenters. The molecular formula is C21H23ClN2O5S. The Labute approximate surface area is 180 Å². The quantitative estimate of drug-likeness (QED) is 0.602. The number of hydrogen-bond acceptors (Lipinski definition) is 5. The fourth-order valence-electron chi connectivity index (χ4n) is 3.44. The van der Waals surface area contributed by atoms with Crippen LogP contribution in [0, 0.1) is 0 Å². The molecule has 2 aromatic rings. The Bertz CT molecular complexity index is 1040. The molecule has 0 bridgehead atoms. The molecule has 0 heterocycles. The Balaban J connectivity index is 1.59. The predicted molar refractivity (Wildman–Crippen MR) is 113 cm³/mol. The number of benzene rings is 2. The van der Waals surface area contributed by atoms with Crippen LogP contribution in [-0.4, -0.2) is 40.5 Å². The summed E-state index contributed by atoms with van der Waals surface area (Å²) in [5, 5.41) is 2.87. The van der Waals surface area contributed by atoms with Gasteiger partial charge in [0.15, 0.2) is 6.61 Å². The average Bonchev–Trinajstić information content (AvgIpc) is 2.72. The van der Waals surface area contributed by atoms with Crippen LogP contribution < -0.4 is 10.0 Å². The van der Waals surface area contributed by atoms with Crippen molar-refractivity contribution < 1.29 is 22.7 Å². The first-order chi connectivity index (χ1) is 14.3. The maximum absolute atomic E-state index is 12.3. The second kappa shape index (κ2) is 9.16. The topological polar surface area (TPSA) is 102 Å². The van der Waals surface area contributed by atoms with Crippen LogP contribution in [0.5, 0.6) is 0 Å². The van der Waals surface area contributed by atoms with Gasteiger partial charge in [-0.2, -0.15) is 0 Å². The molecule has 1 amide bonds. The average molecular weight is 451 g/mol. The number of carbonyl (C=O) groups is 2. The molecule has 160 valence electrons.